The minimum Gasteiger partial charge on any atom is -0.386 e. The van der Waals surface area contributed by atoms with Gasteiger partial charge in [0.05, 0.1) is 4.92 Å². The van der Waals surface area contributed by atoms with Gasteiger partial charge in [-0.25, -0.2) is 4.98 Å². The molecule has 0 aliphatic carbocycles. The molecule has 116 valence electrons. The van der Waals surface area contributed by atoms with E-state index in [1.54, 1.807) is 13.8 Å². The average Bonchev–Trinajstić information content (AvgIpc) is 2.32. The second kappa shape index (κ2) is 4.83. The van der Waals surface area contributed by atoms with Crippen molar-refractivity contribution in [2.75, 3.05) is 18.0 Å². The number of nitro groups is 1. The molecule has 1 aromatic heterocycles. The van der Waals surface area contributed by atoms with Crippen LogP contribution in [0.5, 0.6) is 0 Å². The van der Waals surface area contributed by atoms with Crippen molar-refractivity contribution >= 4 is 11.4 Å². The standard InChI is InChI=1S/C12H14F3N3O3/c1-7(2)11(19)5-17(6-11)8-3-10(12(13,14)15)16-4-9(8)18(20)21/h3-4,7,19H,5-6H2,1-2H3. The van der Waals surface area contributed by atoms with Crippen molar-refractivity contribution in [3.05, 3.63) is 28.1 Å². The van der Waals surface area contributed by atoms with Crippen molar-refractivity contribution in [3.8, 4) is 0 Å². The summed E-state index contributed by atoms with van der Waals surface area (Å²) < 4.78 is 38.0. The first-order valence-electron chi connectivity index (χ1n) is 6.23. The summed E-state index contributed by atoms with van der Waals surface area (Å²) in [4.78, 5) is 14.6. The van der Waals surface area contributed by atoms with Crippen LogP contribution < -0.4 is 4.90 Å². The van der Waals surface area contributed by atoms with Gasteiger partial charge in [0.25, 0.3) is 0 Å². The third-order valence-electron chi connectivity index (χ3n) is 3.69. The van der Waals surface area contributed by atoms with E-state index < -0.39 is 28.1 Å². The predicted octanol–water partition coefficient (Wildman–Crippen LogP) is 2.22. The van der Waals surface area contributed by atoms with Crippen molar-refractivity contribution in [3.63, 3.8) is 0 Å². The number of hydrogen-bond donors (Lipinski definition) is 1. The quantitative estimate of drug-likeness (QED) is 0.684. The smallest absolute Gasteiger partial charge is 0.386 e. The van der Waals surface area contributed by atoms with Gasteiger partial charge in [0, 0.05) is 13.1 Å². The molecule has 0 atom stereocenters. The molecule has 2 heterocycles. The molecule has 1 aromatic rings. The molecule has 0 aromatic carbocycles. The lowest BCUT2D eigenvalue weighted by Crippen LogP contribution is -2.64. The Morgan fingerprint density at radius 3 is 2.48 bits per heavy atom. The van der Waals surface area contributed by atoms with Crippen molar-refractivity contribution in [2.24, 2.45) is 5.92 Å². The van der Waals surface area contributed by atoms with Gasteiger partial charge < -0.3 is 10.0 Å². The Labute approximate surface area is 118 Å². The fraction of sp³-hybridized carbons (Fsp3) is 0.583. The Morgan fingerprint density at radius 1 is 1.48 bits per heavy atom. The van der Waals surface area contributed by atoms with Crippen molar-refractivity contribution < 1.29 is 23.2 Å². The Hall–Kier alpha value is -1.90. The summed E-state index contributed by atoms with van der Waals surface area (Å²) in [5.41, 5.74) is -2.92. The molecule has 0 amide bonds. The Morgan fingerprint density at radius 2 is 2.05 bits per heavy atom. The van der Waals surface area contributed by atoms with Gasteiger partial charge >= 0.3 is 11.9 Å². The molecule has 1 saturated heterocycles. The summed E-state index contributed by atoms with van der Waals surface area (Å²) in [5, 5.41) is 21.0. The highest BCUT2D eigenvalue weighted by Gasteiger charge is 2.46. The number of anilines is 1. The summed E-state index contributed by atoms with van der Waals surface area (Å²) in [7, 11) is 0. The number of β-amino-alcohol motifs (C(OH)–C–C–N with tert-alkyl or cyclic N) is 1. The minimum atomic E-state index is -4.68. The highest BCUT2D eigenvalue weighted by atomic mass is 19.4. The van der Waals surface area contributed by atoms with Crippen LogP contribution in [-0.4, -0.2) is 33.7 Å². The van der Waals surface area contributed by atoms with Crippen LogP contribution in [0.3, 0.4) is 0 Å². The van der Waals surface area contributed by atoms with E-state index in [4.69, 9.17) is 0 Å². The molecule has 21 heavy (non-hydrogen) atoms. The molecule has 0 bridgehead atoms. The van der Waals surface area contributed by atoms with Gasteiger partial charge in [-0.3, -0.25) is 10.1 Å². The fourth-order valence-electron chi connectivity index (χ4n) is 2.14. The fourth-order valence-corrected chi connectivity index (χ4v) is 2.14. The van der Waals surface area contributed by atoms with Crippen molar-refractivity contribution in [2.45, 2.75) is 25.6 Å². The molecule has 1 N–H and O–H groups in total. The zero-order valence-electron chi connectivity index (χ0n) is 11.4. The number of alkyl halides is 3. The molecule has 2 rings (SSSR count). The summed E-state index contributed by atoms with van der Waals surface area (Å²) in [6, 6.07) is 0.651. The monoisotopic (exact) mass is 305 g/mol. The topological polar surface area (TPSA) is 79.5 Å². The van der Waals surface area contributed by atoms with Gasteiger partial charge in [-0.2, -0.15) is 13.2 Å². The van der Waals surface area contributed by atoms with E-state index >= 15 is 0 Å². The minimum absolute atomic E-state index is 0.0484. The van der Waals surface area contributed by atoms with Gasteiger partial charge in [-0.15, -0.1) is 0 Å². The summed E-state index contributed by atoms with van der Waals surface area (Å²) in [6.45, 7) is 3.65. The number of halogens is 3. The van der Waals surface area contributed by atoms with E-state index in [2.05, 4.69) is 4.98 Å². The van der Waals surface area contributed by atoms with E-state index in [9.17, 15) is 28.4 Å². The van der Waals surface area contributed by atoms with Gasteiger partial charge in [0.1, 0.15) is 23.2 Å². The first-order chi connectivity index (χ1) is 9.54. The van der Waals surface area contributed by atoms with Crippen molar-refractivity contribution in [1.82, 2.24) is 4.98 Å². The van der Waals surface area contributed by atoms with Gasteiger partial charge in [-0.1, -0.05) is 13.8 Å². The molecule has 1 fully saturated rings. The number of rotatable bonds is 3. The van der Waals surface area contributed by atoms with Gasteiger partial charge in [0.2, 0.25) is 0 Å². The lowest BCUT2D eigenvalue weighted by Gasteiger charge is -2.50. The third-order valence-corrected chi connectivity index (χ3v) is 3.69. The highest BCUT2D eigenvalue weighted by Crippen LogP contribution is 2.40. The predicted molar refractivity (Wildman–Crippen MR) is 67.9 cm³/mol. The molecule has 1 aliphatic heterocycles. The summed E-state index contributed by atoms with van der Waals surface area (Å²) in [5.74, 6) is -0.100. The van der Waals surface area contributed by atoms with Crippen LogP contribution in [-0.2, 0) is 6.18 Å². The summed E-state index contributed by atoms with van der Waals surface area (Å²) >= 11 is 0. The maximum Gasteiger partial charge on any atom is 0.433 e. The van der Waals surface area contributed by atoms with Crippen LogP contribution in [0.25, 0.3) is 0 Å². The maximum atomic E-state index is 12.7. The number of aliphatic hydroxyl groups is 1. The van der Waals surface area contributed by atoms with Gasteiger partial charge in [0.15, 0.2) is 0 Å². The van der Waals surface area contributed by atoms with E-state index in [1.807, 2.05) is 0 Å². The van der Waals surface area contributed by atoms with E-state index in [-0.39, 0.29) is 24.7 Å². The molecule has 9 heteroatoms. The first-order valence-corrected chi connectivity index (χ1v) is 6.23. The van der Waals surface area contributed by atoms with Gasteiger partial charge in [-0.05, 0) is 12.0 Å². The number of hydrogen-bond acceptors (Lipinski definition) is 5. The number of nitrogens with zero attached hydrogens (tertiary/aromatic N) is 3. The van der Waals surface area contributed by atoms with E-state index in [1.165, 1.54) is 4.90 Å². The van der Waals surface area contributed by atoms with E-state index in [0.29, 0.717) is 12.3 Å². The van der Waals surface area contributed by atoms with Crippen LogP contribution in [0.2, 0.25) is 0 Å². The van der Waals surface area contributed by atoms with Crippen LogP contribution in [0, 0.1) is 16.0 Å². The number of aromatic nitrogens is 1. The van der Waals surface area contributed by atoms with Crippen molar-refractivity contribution in [1.29, 1.82) is 0 Å². The molecule has 1 aliphatic rings. The second-order valence-corrected chi connectivity index (χ2v) is 5.43. The van der Waals surface area contributed by atoms with Crippen LogP contribution in [0.1, 0.15) is 19.5 Å². The molecular formula is C12H14F3N3O3. The molecular weight excluding hydrogens is 291 g/mol. The second-order valence-electron chi connectivity index (χ2n) is 5.43. The molecule has 0 unspecified atom stereocenters. The molecule has 0 radical (unpaired) electrons. The lowest BCUT2D eigenvalue weighted by molar-refractivity contribution is -0.384. The zero-order valence-corrected chi connectivity index (χ0v) is 11.4. The lowest BCUT2D eigenvalue weighted by atomic mass is 9.82. The summed E-state index contributed by atoms with van der Waals surface area (Å²) in [6.07, 6.45) is -4.08. The Bertz CT molecular complexity index is 569. The first kappa shape index (κ1) is 15.5. The largest absolute Gasteiger partial charge is 0.433 e. The molecule has 0 spiro atoms. The highest BCUT2D eigenvalue weighted by molar-refractivity contribution is 5.65. The molecule has 0 saturated carbocycles. The zero-order chi connectivity index (χ0) is 16.0. The number of pyridine rings is 1. The third kappa shape index (κ3) is 2.78. The SMILES string of the molecule is CC(C)C1(O)CN(c2cc(C(F)(F)F)ncc2[N+](=O)[O-])C1. The Balaban J connectivity index is 2.36. The average molecular weight is 305 g/mol. The van der Waals surface area contributed by atoms with Crippen LogP contribution in [0.4, 0.5) is 24.5 Å². The van der Waals surface area contributed by atoms with Crippen LogP contribution in [0.15, 0.2) is 12.3 Å². The maximum absolute atomic E-state index is 12.7. The van der Waals surface area contributed by atoms with Crippen LogP contribution >= 0.6 is 0 Å². The van der Waals surface area contributed by atoms with E-state index in [0.717, 1.165) is 0 Å². The normalized spacial score (nSPS) is 17.8. The molecule has 6 nitrogen and oxygen atoms in total. The Kier molecular flexibility index (Phi) is 3.56.